The third kappa shape index (κ3) is 4.65. The van der Waals surface area contributed by atoms with E-state index >= 15 is 0 Å². The van der Waals surface area contributed by atoms with Crippen molar-refractivity contribution < 1.29 is 9.53 Å². The van der Waals surface area contributed by atoms with E-state index in [1.54, 1.807) is 0 Å². The van der Waals surface area contributed by atoms with Crippen molar-refractivity contribution in [2.75, 3.05) is 19.6 Å². The third-order valence-electron chi connectivity index (χ3n) is 3.00. The molecular formula is C12H23NO2. The van der Waals surface area contributed by atoms with E-state index in [0.29, 0.717) is 6.54 Å². The average molecular weight is 213 g/mol. The number of nitrogens with zero attached hydrogens (tertiary/aromatic N) is 1. The van der Waals surface area contributed by atoms with E-state index in [1.807, 2.05) is 13.8 Å². The minimum atomic E-state index is -0.0834. The van der Waals surface area contributed by atoms with Crippen LogP contribution in [0.2, 0.25) is 0 Å². The maximum Gasteiger partial charge on any atom is 0.320 e. The van der Waals surface area contributed by atoms with Crippen molar-refractivity contribution >= 4 is 5.97 Å². The quantitative estimate of drug-likeness (QED) is 0.669. The highest BCUT2D eigenvalue weighted by Crippen LogP contribution is 2.19. The van der Waals surface area contributed by atoms with Gasteiger partial charge in [0.25, 0.3) is 0 Å². The third-order valence-corrected chi connectivity index (χ3v) is 3.00. The summed E-state index contributed by atoms with van der Waals surface area (Å²) in [5.74, 6) is 0.780. The first kappa shape index (κ1) is 12.5. The largest absolute Gasteiger partial charge is 0.462 e. The second kappa shape index (κ2) is 6.11. The fraction of sp³-hybridized carbons (Fsp3) is 0.917. The molecule has 1 rings (SSSR count). The van der Waals surface area contributed by atoms with Crippen molar-refractivity contribution in [3.63, 3.8) is 0 Å². The lowest BCUT2D eigenvalue weighted by molar-refractivity contribution is -0.149. The molecular weight excluding hydrogens is 190 g/mol. The van der Waals surface area contributed by atoms with E-state index in [9.17, 15) is 4.79 Å². The standard InChI is InChI=1S/C12H23NO2/c1-4-11-5-7-13(8-6-11)9-12(14)15-10(2)3/h10-11H,4-9H2,1-3H3. The summed E-state index contributed by atoms with van der Waals surface area (Å²) in [6.07, 6.45) is 3.73. The van der Waals surface area contributed by atoms with Crippen LogP contribution in [0.3, 0.4) is 0 Å². The molecule has 0 saturated carbocycles. The van der Waals surface area contributed by atoms with Gasteiger partial charge >= 0.3 is 5.97 Å². The smallest absolute Gasteiger partial charge is 0.320 e. The molecule has 0 aromatic carbocycles. The minimum absolute atomic E-state index is 0.00526. The first-order chi connectivity index (χ1) is 7.11. The van der Waals surface area contributed by atoms with Crippen LogP contribution in [0.5, 0.6) is 0 Å². The number of carbonyl (C=O) groups is 1. The van der Waals surface area contributed by atoms with Crippen LogP contribution in [0.4, 0.5) is 0 Å². The minimum Gasteiger partial charge on any atom is -0.462 e. The molecule has 3 nitrogen and oxygen atoms in total. The topological polar surface area (TPSA) is 29.5 Å². The molecule has 1 fully saturated rings. The zero-order valence-corrected chi connectivity index (χ0v) is 10.2. The predicted molar refractivity (Wildman–Crippen MR) is 60.7 cm³/mol. The van der Waals surface area contributed by atoms with Crippen molar-refractivity contribution in [3.8, 4) is 0 Å². The van der Waals surface area contributed by atoms with Gasteiger partial charge in [0.15, 0.2) is 0 Å². The van der Waals surface area contributed by atoms with Crippen LogP contribution < -0.4 is 0 Å². The van der Waals surface area contributed by atoms with Crippen molar-refractivity contribution in [2.24, 2.45) is 5.92 Å². The van der Waals surface area contributed by atoms with Gasteiger partial charge in [0.2, 0.25) is 0 Å². The number of esters is 1. The molecule has 0 aromatic heterocycles. The van der Waals surface area contributed by atoms with Crippen LogP contribution in [-0.4, -0.2) is 36.6 Å². The summed E-state index contributed by atoms with van der Waals surface area (Å²) in [6.45, 7) is 8.59. The van der Waals surface area contributed by atoms with Gasteiger partial charge in [0.1, 0.15) is 0 Å². The Hall–Kier alpha value is -0.570. The average Bonchev–Trinajstić information content (AvgIpc) is 2.17. The molecule has 0 spiro atoms. The van der Waals surface area contributed by atoms with E-state index < -0.39 is 0 Å². The van der Waals surface area contributed by atoms with Gasteiger partial charge in [-0.3, -0.25) is 9.69 Å². The molecule has 0 bridgehead atoms. The second-order valence-corrected chi connectivity index (χ2v) is 4.67. The SMILES string of the molecule is CCC1CCN(CC(=O)OC(C)C)CC1. The number of rotatable bonds is 4. The monoisotopic (exact) mass is 213 g/mol. The fourth-order valence-corrected chi connectivity index (χ4v) is 2.04. The van der Waals surface area contributed by atoms with E-state index in [-0.39, 0.29) is 12.1 Å². The van der Waals surface area contributed by atoms with Crippen LogP contribution in [0.15, 0.2) is 0 Å². The molecule has 0 radical (unpaired) electrons. The predicted octanol–water partition coefficient (Wildman–Crippen LogP) is 2.06. The zero-order valence-electron chi connectivity index (χ0n) is 10.2. The van der Waals surface area contributed by atoms with Crippen LogP contribution in [-0.2, 0) is 9.53 Å². The van der Waals surface area contributed by atoms with Gasteiger partial charge in [0.05, 0.1) is 12.6 Å². The Morgan fingerprint density at radius 2 is 2.00 bits per heavy atom. The maximum absolute atomic E-state index is 11.4. The number of hydrogen-bond donors (Lipinski definition) is 0. The lowest BCUT2D eigenvalue weighted by Gasteiger charge is -2.30. The first-order valence-electron chi connectivity index (χ1n) is 6.03. The number of hydrogen-bond acceptors (Lipinski definition) is 3. The Morgan fingerprint density at radius 3 is 2.47 bits per heavy atom. The zero-order chi connectivity index (χ0) is 11.3. The molecule has 1 aliphatic heterocycles. The van der Waals surface area contributed by atoms with Gasteiger partial charge < -0.3 is 4.74 Å². The summed E-state index contributed by atoms with van der Waals surface area (Å²) in [7, 11) is 0. The van der Waals surface area contributed by atoms with Gasteiger partial charge in [-0.15, -0.1) is 0 Å². The van der Waals surface area contributed by atoms with Crippen LogP contribution in [0, 0.1) is 5.92 Å². The fourth-order valence-electron chi connectivity index (χ4n) is 2.04. The second-order valence-electron chi connectivity index (χ2n) is 4.67. The Labute approximate surface area is 92.8 Å². The highest BCUT2D eigenvalue weighted by Gasteiger charge is 2.20. The molecule has 15 heavy (non-hydrogen) atoms. The highest BCUT2D eigenvalue weighted by atomic mass is 16.5. The van der Waals surface area contributed by atoms with Crippen molar-refractivity contribution in [1.82, 2.24) is 4.90 Å². The molecule has 0 amide bonds. The number of likely N-dealkylation sites (tertiary alicyclic amines) is 1. The lowest BCUT2D eigenvalue weighted by atomic mass is 9.94. The number of carbonyl (C=O) groups excluding carboxylic acids is 1. The summed E-state index contributed by atoms with van der Waals surface area (Å²) >= 11 is 0. The number of ether oxygens (including phenoxy) is 1. The summed E-state index contributed by atoms with van der Waals surface area (Å²) < 4.78 is 5.13. The van der Waals surface area contributed by atoms with Crippen molar-refractivity contribution in [2.45, 2.75) is 46.1 Å². The summed E-state index contributed by atoms with van der Waals surface area (Å²) in [5.41, 5.74) is 0. The lowest BCUT2D eigenvalue weighted by Crippen LogP contribution is -2.38. The molecule has 0 aromatic rings. The summed E-state index contributed by atoms with van der Waals surface area (Å²) in [5, 5.41) is 0. The maximum atomic E-state index is 11.4. The molecule has 1 aliphatic rings. The molecule has 0 unspecified atom stereocenters. The van der Waals surface area contributed by atoms with Crippen LogP contribution in [0.1, 0.15) is 40.0 Å². The Morgan fingerprint density at radius 1 is 1.40 bits per heavy atom. The van der Waals surface area contributed by atoms with Gasteiger partial charge in [-0.25, -0.2) is 0 Å². The molecule has 0 N–H and O–H groups in total. The molecule has 88 valence electrons. The summed E-state index contributed by atoms with van der Waals surface area (Å²) in [4.78, 5) is 13.6. The molecule has 0 atom stereocenters. The van der Waals surface area contributed by atoms with E-state index in [2.05, 4.69) is 11.8 Å². The first-order valence-corrected chi connectivity index (χ1v) is 6.03. The number of piperidine rings is 1. The van der Waals surface area contributed by atoms with E-state index in [4.69, 9.17) is 4.74 Å². The Balaban J connectivity index is 2.20. The Bertz CT molecular complexity index is 196. The normalized spacial score (nSPS) is 19.5. The van der Waals surface area contributed by atoms with Crippen LogP contribution >= 0.6 is 0 Å². The molecule has 3 heteroatoms. The van der Waals surface area contributed by atoms with Gasteiger partial charge in [0, 0.05) is 0 Å². The van der Waals surface area contributed by atoms with E-state index in [0.717, 1.165) is 19.0 Å². The van der Waals surface area contributed by atoms with E-state index in [1.165, 1.54) is 19.3 Å². The van der Waals surface area contributed by atoms with Gasteiger partial charge in [-0.05, 0) is 45.7 Å². The molecule has 0 aliphatic carbocycles. The van der Waals surface area contributed by atoms with Crippen LogP contribution in [0.25, 0.3) is 0 Å². The Kier molecular flexibility index (Phi) is 5.09. The van der Waals surface area contributed by atoms with Gasteiger partial charge in [-0.1, -0.05) is 13.3 Å². The summed E-state index contributed by atoms with van der Waals surface area (Å²) in [6, 6.07) is 0. The van der Waals surface area contributed by atoms with Crippen molar-refractivity contribution in [3.05, 3.63) is 0 Å². The molecule has 1 saturated heterocycles. The molecule has 1 heterocycles. The highest BCUT2D eigenvalue weighted by molar-refractivity contribution is 5.71. The van der Waals surface area contributed by atoms with Crippen molar-refractivity contribution in [1.29, 1.82) is 0 Å². The van der Waals surface area contributed by atoms with Gasteiger partial charge in [-0.2, -0.15) is 0 Å².